The molecule has 0 fully saturated rings. The van der Waals surface area contributed by atoms with Crippen LogP contribution in [0.1, 0.15) is 10.5 Å². The Morgan fingerprint density at radius 3 is 2.75 bits per heavy atom. The molecular weight excluding hydrogens is 226 g/mol. The van der Waals surface area contributed by atoms with Crippen LogP contribution in [0.5, 0.6) is 0 Å². The van der Waals surface area contributed by atoms with Gasteiger partial charge in [0.15, 0.2) is 0 Å². The van der Waals surface area contributed by atoms with Gasteiger partial charge in [-0.1, -0.05) is 23.7 Å². The molecule has 1 N–H and O–H groups in total. The summed E-state index contributed by atoms with van der Waals surface area (Å²) in [4.78, 5) is 11.8. The van der Waals surface area contributed by atoms with Crippen molar-refractivity contribution < 1.29 is 4.79 Å². The van der Waals surface area contributed by atoms with Crippen LogP contribution in [0.25, 0.3) is 0 Å². The Kier molecular flexibility index (Phi) is 2.92. The fraction of sp³-hybridized carbons (Fsp3) is 0.0909. The highest BCUT2D eigenvalue weighted by atomic mass is 35.5. The second-order valence-corrected chi connectivity index (χ2v) is 3.68. The van der Waals surface area contributed by atoms with Crippen molar-refractivity contribution >= 4 is 23.2 Å². The molecule has 0 spiro atoms. The van der Waals surface area contributed by atoms with Crippen LogP contribution in [0.2, 0.25) is 5.02 Å². The van der Waals surface area contributed by atoms with Gasteiger partial charge in [0.1, 0.15) is 5.69 Å². The first-order chi connectivity index (χ1) is 7.68. The molecule has 0 saturated heterocycles. The minimum Gasteiger partial charge on any atom is -0.319 e. The van der Waals surface area contributed by atoms with E-state index in [1.807, 2.05) is 12.1 Å². The molecule has 0 unspecified atom stereocenters. The fourth-order valence-electron chi connectivity index (χ4n) is 1.35. The number of anilines is 1. The molecule has 1 heterocycles. The number of carbonyl (C=O) groups excluding carboxylic acids is 1. The SMILES string of the molecule is Cn1nccc1C(=O)Nc1ccccc1Cl. The van der Waals surface area contributed by atoms with Gasteiger partial charge in [-0.05, 0) is 18.2 Å². The number of rotatable bonds is 2. The normalized spacial score (nSPS) is 10.1. The number of hydrogen-bond donors (Lipinski definition) is 1. The third kappa shape index (κ3) is 2.06. The molecule has 0 atom stereocenters. The van der Waals surface area contributed by atoms with Gasteiger partial charge >= 0.3 is 0 Å². The first-order valence-electron chi connectivity index (χ1n) is 4.72. The van der Waals surface area contributed by atoms with Gasteiger partial charge < -0.3 is 5.32 Å². The lowest BCUT2D eigenvalue weighted by Crippen LogP contribution is -2.16. The van der Waals surface area contributed by atoms with Crippen molar-refractivity contribution in [3.63, 3.8) is 0 Å². The molecule has 5 heteroatoms. The number of aromatic nitrogens is 2. The summed E-state index contributed by atoms with van der Waals surface area (Å²) in [7, 11) is 1.71. The summed E-state index contributed by atoms with van der Waals surface area (Å²) in [6.07, 6.45) is 1.57. The molecule has 82 valence electrons. The van der Waals surface area contributed by atoms with Gasteiger partial charge in [-0.25, -0.2) is 0 Å². The zero-order valence-corrected chi connectivity index (χ0v) is 9.40. The Bertz CT molecular complexity index is 521. The molecule has 1 amide bonds. The molecule has 2 rings (SSSR count). The van der Waals surface area contributed by atoms with E-state index < -0.39 is 0 Å². The van der Waals surface area contributed by atoms with Crippen LogP contribution in [0.15, 0.2) is 36.5 Å². The fourth-order valence-corrected chi connectivity index (χ4v) is 1.53. The van der Waals surface area contributed by atoms with Crippen LogP contribution in [0, 0.1) is 0 Å². The average Bonchev–Trinajstić information content (AvgIpc) is 2.68. The number of benzene rings is 1. The first-order valence-corrected chi connectivity index (χ1v) is 5.10. The van der Waals surface area contributed by atoms with E-state index >= 15 is 0 Å². The lowest BCUT2D eigenvalue weighted by molar-refractivity contribution is 0.101. The van der Waals surface area contributed by atoms with Gasteiger partial charge in [-0.3, -0.25) is 9.48 Å². The number of amides is 1. The van der Waals surface area contributed by atoms with Crippen LogP contribution in [-0.4, -0.2) is 15.7 Å². The molecule has 4 nitrogen and oxygen atoms in total. The van der Waals surface area contributed by atoms with E-state index in [4.69, 9.17) is 11.6 Å². The number of para-hydroxylation sites is 1. The van der Waals surface area contributed by atoms with Gasteiger partial charge in [0, 0.05) is 13.2 Å². The van der Waals surface area contributed by atoms with Gasteiger partial charge in [-0.2, -0.15) is 5.10 Å². The van der Waals surface area contributed by atoms with Gasteiger partial charge in [0.2, 0.25) is 0 Å². The van der Waals surface area contributed by atoms with E-state index in [0.29, 0.717) is 16.4 Å². The molecule has 1 aromatic carbocycles. The number of carbonyl (C=O) groups is 1. The zero-order valence-electron chi connectivity index (χ0n) is 8.64. The molecule has 0 saturated carbocycles. The lowest BCUT2D eigenvalue weighted by Gasteiger charge is -2.06. The molecule has 0 bridgehead atoms. The molecule has 1 aromatic heterocycles. The van der Waals surface area contributed by atoms with Gasteiger partial charge in [0.05, 0.1) is 10.7 Å². The highest BCUT2D eigenvalue weighted by molar-refractivity contribution is 6.33. The van der Waals surface area contributed by atoms with Gasteiger partial charge in [0.25, 0.3) is 5.91 Å². The predicted molar refractivity (Wildman–Crippen MR) is 62.6 cm³/mol. The highest BCUT2D eigenvalue weighted by Gasteiger charge is 2.10. The van der Waals surface area contributed by atoms with Crippen molar-refractivity contribution in [2.45, 2.75) is 0 Å². The van der Waals surface area contributed by atoms with E-state index in [1.165, 1.54) is 4.68 Å². The van der Waals surface area contributed by atoms with Crippen LogP contribution in [-0.2, 0) is 7.05 Å². The van der Waals surface area contributed by atoms with Gasteiger partial charge in [-0.15, -0.1) is 0 Å². The van der Waals surface area contributed by atoms with E-state index in [9.17, 15) is 4.79 Å². The van der Waals surface area contributed by atoms with Crippen molar-refractivity contribution in [3.8, 4) is 0 Å². The minimum atomic E-state index is -0.229. The molecule has 16 heavy (non-hydrogen) atoms. The number of hydrogen-bond acceptors (Lipinski definition) is 2. The van der Waals surface area contributed by atoms with E-state index in [2.05, 4.69) is 10.4 Å². The second kappa shape index (κ2) is 4.37. The molecule has 0 radical (unpaired) electrons. The summed E-state index contributed by atoms with van der Waals surface area (Å²) in [5.41, 5.74) is 1.08. The molecule has 0 aliphatic carbocycles. The summed E-state index contributed by atoms with van der Waals surface area (Å²) in [6.45, 7) is 0. The summed E-state index contributed by atoms with van der Waals surface area (Å²) in [5.74, 6) is -0.229. The number of nitrogens with zero attached hydrogens (tertiary/aromatic N) is 2. The Labute approximate surface area is 97.8 Å². The lowest BCUT2D eigenvalue weighted by atomic mass is 10.3. The summed E-state index contributed by atoms with van der Waals surface area (Å²) in [5, 5.41) is 7.16. The van der Waals surface area contributed by atoms with Crippen LogP contribution < -0.4 is 5.32 Å². The number of nitrogens with one attached hydrogen (secondary N) is 1. The quantitative estimate of drug-likeness (QED) is 0.869. The largest absolute Gasteiger partial charge is 0.319 e. The molecular formula is C11H10ClN3O. The summed E-state index contributed by atoms with van der Waals surface area (Å²) >= 11 is 5.93. The van der Waals surface area contributed by atoms with Crippen LogP contribution >= 0.6 is 11.6 Å². The van der Waals surface area contributed by atoms with Crippen molar-refractivity contribution in [1.82, 2.24) is 9.78 Å². The Morgan fingerprint density at radius 2 is 2.12 bits per heavy atom. The van der Waals surface area contributed by atoms with E-state index in [0.717, 1.165) is 0 Å². The predicted octanol–water partition coefficient (Wildman–Crippen LogP) is 2.33. The number of halogens is 1. The third-order valence-corrected chi connectivity index (χ3v) is 2.51. The average molecular weight is 236 g/mol. The maximum absolute atomic E-state index is 11.8. The molecule has 0 aliphatic heterocycles. The minimum absolute atomic E-state index is 0.229. The van der Waals surface area contributed by atoms with Crippen molar-refractivity contribution in [2.24, 2.45) is 7.05 Å². The molecule has 0 aliphatic rings. The van der Waals surface area contributed by atoms with Crippen LogP contribution in [0.3, 0.4) is 0 Å². The number of aryl methyl sites for hydroxylation is 1. The van der Waals surface area contributed by atoms with Crippen molar-refractivity contribution in [1.29, 1.82) is 0 Å². The third-order valence-electron chi connectivity index (χ3n) is 2.18. The maximum Gasteiger partial charge on any atom is 0.273 e. The Hall–Kier alpha value is -1.81. The first kappa shape index (κ1) is 10.7. The second-order valence-electron chi connectivity index (χ2n) is 3.27. The molecule has 2 aromatic rings. The Morgan fingerprint density at radius 1 is 1.38 bits per heavy atom. The van der Waals surface area contributed by atoms with Crippen molar-refractivity contribution in [2.75, 3.05) is 5.32 Å². The highest BCUT2D eigenvalue weighted by Crippen LogP contribution is 2.20. The Balaban J connectivity index is 2.21. The standard InChI is InChI=1S/C11H10ClN3O/c1-15-10(6-7-13-15)11(16)14-9-5-3-2-4-8(9)12/h2-7H,1H3,(H,14,16). The topological polar surface area (TPSA) is 46.9 Å². The monoisotopic (exact) mass is 235 g/mol. The summed E-state index contributed by atoms with van der Waals surface area (Å²) < 4.78 is 1.51. The van der Waals surface area contributed by atoms with Crippen LogP contribution in [0.4, 0.5) is 5.69 Å². The zero-order chi connectivity index (χ0) is 11.5. The maximum atomic E-state index is 11.8. The van der Waals surface area contributed by atoms with E-state index in [1.54, 1.807) is 31.4 Å². The van der Waals surface area contributed by atoms with E-state index in [-0.39, 0.29) is 5.91 Å². The van der Waals surface area contributed by atoms with Crippen molar-refractivity contribution in [3.05, 3.63) is 47.2 Å². The smallest absolute Gasteiger partial charge is 0.273 e. The summed E-state index contributed by atoms with van der Waals surface area (Å²) in [6, 6.07) is 8.73.